The Kier molecular flexibility index (Phi) is 7.67. The van der Waals surface area contributed by atoms with Crippen molar-refractivity contribution in [2.24, 2.45) is 5.92 Å². The number of hydrogen-bond donors (Lipinski definition) is 1. The molecular formula is C17H34N2O2. The van der Waals surface area contributed by atoms with Gasteiger partial charge in [-0.05, 0) is 71.9 Å². The zero-order valence-corrected chi connectivity index (χ0v) is 14.6. The van der Waals surface area contributed by atoms with Crippen LogP contribution in [-0.2, 0) is 9.53 Å². The van der Waals surface area contributed by atoms with Crippen molar-refractivity contribution in [3.63, 3.8) is 0 Å². The van der Waals surface area contributed by atoms with E-state index in [1.807, 2.05) is 6.92 Å². The smallest absolute Gasteiger partial charge is 0.325 e. The molecule has 4 nitrogen and oxygen atoms in total. The molecule has 0 aromatic rings. The Morgan fingerprint density at radius 1 is 1.43 bits per heavy atom. The van der Waals surface area contributed by atoms with Gasteiger partial charge in [-0.25, -0.2) is 0 Å². The van der Waals surface area contributed by atoms with E-state index in [2.05, 4.69) is 31.0 Å². The van der Waals surface area contributed by atoms with Crippen molar-refractivity contribution in [3.05, 3.63) is 0 Å². The van der Waals surface area contributed by atoms with E-state index in [1.54, 1.807) is 0 Å². The molecule has 1 aliphatic rings. The first-order chi connectivity index (χ1) is 9.92. The molecule has 0 saturated heterocycles. The van der Waals surface area contributed by atoms with E-state index in [0.29, 0.717) is 6.04 Å². The largest absolute Gasteiger partial charge is 0.468 e. The number of rotatable bonds is 11. The minimum absolute atomic E-state index is 0.144. The maximum absolute atomic E-state index is 12.0. The molecule has 0 amide bonds. The van der Waals surface area contributed by atoms with Crippen LogP contribution in [0.3, 0.4) is 0 Å². The van der Waals surface area contributed by atoms with Crippen molar-refractivity contribution in [3.8, 4) is 0 Å². The zero-order valence-electron chi connectivity index (χ0n) is 14.6. The van der Waals surface area contributed by atoms with E-state index in [4.69, 9.17) is 4.74 Å². The van der Waals surface area contributed by atoms with Crippen LogP contribution in [0.5, 0.6) is 0 Å². The number of carbonyl (C=O) groups is 1. The highest BCUT2D eigenvalue weighted by Crippen LogP contribution is 2.30. The summed E-state index contributed by atoms with van der Waals surface area (Å²) in [5, 5.41) is 3.36. The van der Waals surface area contributed by atoms with Gasteiger partial charge in [0.1, 0.15) is 5.54 Å². The van der Waals surface area contributed by atoms with Crippen molar-refractivity contribution >= 4 is 5.97 Å². The summed E-state index contributed by atoms with van der Waals surface area (Å²) >= 11 is 0. The van der Waals surface area contributed by atoms with E-state index >= 15 is 0 Å². The third kappa shape index (κ3) is 6.35. The zero-order chi connectivity index (χ0) is 15.9. The molecule has 1 N–H and O–H groups in total. The Morgan fingerprint density at radius 3 is 2.57 bits per heavy atom. The molecular weight excluding hydrogens is 264 g/mol. The molecule has 1 unspecified atom stereocenters. The standard InChI is InChI=1S/C17H34N2O2/c1-6-11-18-17(4,16(20)21-5)10-7-12-19(14(2)3)13-15-8-9-15/h14-15,18H,6-13H2,1-5H3. The van der Waals surface area contributed by atoms with Crippen LogP contribution in [0, 0.1) is 5.92 Å². The van der Waals surface area contributed by atoms with Gasteiger partial charge >= 0.3 is 5.97 Å². The summed E-state index contributed by atoms with van der Waals surface area (Å²) in [6, 6.07) is 0.582. The third-order valence-corrected chi connectivity index (χ3v) is 4.44. The average Bonchev–Trinajstić information content (AvgIpc) is 3.27. The Bertz CT molecular complexity index is 316. The van der Waals surface area contributed by atoms with Crippen molar-refractivity contribution in [2.75, 3.05) is 26.7 Å². The molecule has 0 aromatic carbocycles. The quantitative estimate of drug-likeness (QED) is 0.596. The molecule has 1 rings (SSSR count). The van der Waals surface area contributed by atoms with E-state index in [9.17, 15) is 4.79 Å². The van der Waals surface area contributed by atoms with Crippen molar-refractivity contribution < 1.29 is 9.53 Å². The van der Waals surface area contributed by atoms with Gasteiger partial charge in [0.25, 0.3) is 0 Å². The van der Waals surface area contributed by atoms with Gasteiger partial charge in [-0.1, -0.05) is 6.92 Å². The van der Waals surface area contributed by atoms with E-state index in [-0.39, 0.29) is 5.97 Å². The maximum atomic E-state index is 12.0. The lowest BCUT2D eigenvalue weighted by atomic mass is 9.95. The normalized spacial score (nSPS) is 18.0. The van der Waals surface area contributed by atoms with Gasteiger partial charge in [0, 0.05) is 12.6 Å². The fourth-order valence-corrected chi connectivity index (χ4v) is 2.72. The highest BCUT2D eigenvalue weighted by Gasteiger charge is 2.33. The number of nitrogens with one attached hydrogen (secondary N) is 1. The highest BCUT2D eigenvalue weighted by molar-refractivity contribution is 5.80. The predicted octanol–water partition coefficient (Wildman–Crippen LogP) is 2.82. The number of nitrogens with zero attached hydrogens (tertiary/aromatic N) is 1. The SMILES string of the molecule is CCCNC(C)(CCCN(CC1CC1)C(C)C)C(=O)OC. The van der Waals surface area contributed by atoms with Crippen LogP contribution in [-0.4, -0.2) is 49.2 Å². The van der Waals surface area contributed by atoms with Crippen molar-refractivity contribution in [2.45, 2.75) is 71.4 Å². The third-order valence-electron chi connectivity index (χ3n) is 4.44. The van der Waals surface area contributed by atoms with Crippen molar-refractivity contribution in [1.29, 1.82) is 0 Å². The summed E-state index contributed by atoms with van der Waals surface area (Å²) in [7, 11) is 1.47. The molecule has 4 heteroatoms. The van der Waals surface area contributed by atoms with E-state index < -0.39 is 5.54 Å². The van der Waals surface area contributed by atoms with Crippen LogP contribution in [0.25, 0.3) is 0 Å². The Labute approximate surface area is 130 Å². The maximum Gasteiger partial charge on any atom is 0.325 e. The highest BCUT2D eigenvalue weighted by atomic mass is 16.5. The molecule has 124 valence electrons. The molecule has 1 saturated carbocycles. The van der Waals surface area contributed by atoms with Crippen molar-refractivity contribution in [1.82, 2.24) is 10.2 Å². The lowest BCUT2D eigenvalue weighted by Crippen LogP contribution is -2.51. The number of hydrogen-bond acceptors (Lipinski definition) is 4. The van der Waals surface area contributed by atoms with Crippen LogP contribution in [0.15, 0.2) is 0 Å². The van der Waals surface area contributed by atoms with Gasteiger partial charge in [-0.2, -0.15) is 0 Å². The van der Waals surface area contributed by atoms with Crippen LogP contribution >= 0.6 is 0 Å². The molecule has 0 aliphatic heterocycles. The molecule has 21 heavy (non-hydrogen) atoms. The molecule has 1 atom stereocenters. The summed E-state index contributed by atoms with van der Waals surface area (Å²) in [6.07, 6.45) is 5.65. The first-order valence-corrected chi connectivity index (χ1v) is 8.50. The molecule has 0 spiro atoms. The Hall–Kier alpha value is -0.610. The predicted molar refractivity (Wildman–Crippen MR) is 87.4 cm³/mol. The first kappa shape index (κ1) is 18.4. The van der Waals surface area contributed by atoms with Gasteiger partial charge in [-0.3, -0.25) is 4.79 Å². The lowest BCUT2D eigenvalue weighted by molar-refractivity contribution is -0.148. The fraction of sp³-hybridized carbons (Fsp3) is 0.941. The first-order valence-electron chi connectivity index (χ1n) is 8.50. The summed E-state index contributed by atoms with van der Waals surface area (Å²) in [5.41, 5.74) is -0.549. The summed E-state index contributed by atoms with van der Waals surface area (Å²) in [4.78, 5) is 14.6. The molecule has 0 aromatic heterocycles. The molecule has 0 heterocycles. The molecule has 0 bridgehead atoms. The van der Waals surface area contributed by atoms with Gasteiger partial charge in [0.2, 0.25) is 0 Å². The van der Waals surface area contributed by atoms with Gasteiger partial charge < -0.3 is 15.0 Å². The second kappa shape index (κ2) is 8.74. The molecule has 1 fully saturated rings. The van der Waals surface area contributed by atoms with Gasteiger partial charge in [-0.15, -0.1) is 0 Å². The second-order valence-corrected chi connectivity index (χ2v) is 6.89. The molecule has 0 radical (unpaired) electrons. The van der Waals surface area contributed by atoms with E-state index in [0.717, 1.165) is 38.3 Å². The lowest BCUT2D eigenvalue weighted by Gasteiger charge is -2.31. The van der Waals surface area contributed by atoms with Crippen LogP contribution in [0.2, 0.25) is 0 Å². The number of carbonyl (C=O) groups excluding carboxylic acids is 1. The van der Waals surface area contributed by atoms with Crippen LogP contribution < -0.4 is 5.32 Å². The van der Waals surface area contributed by atoms with Gasteiger partial charge in [0.15, 0.2) is 0 Å². The topological polar surface area (TPSA) is 41.6 Å². The van der Waals surface area contributed by atoms with Gasteiger partial charge in [0.05, 0.1) is 7.11 Å². The summed E-state index contributed by atoms with van der Waals surface area (Å²) in [5.74, 6) is 0.770. The number of ether oxygens (including phenoxy) is 1. The summed E-state index contributed by atoms with van der Waals surface area (Å²) in [6.45, 7) is 11.7. The Balaban J connectivity index is 2.44. The fourth-order valence-electron chi connectivity index (χ4n) is 2.72. The monoisotopic (exact) mass is 298 g/mol. The van der Waals surface area contributed by atoms with Crippen LogP contribution in [0.4, 0.5) is 0 Å². The Morgan fingerprint density at radius 2 is 2.10 bits per heavy atom. The number of esters is 1. The van der Waals surface area contributed by atoms with Crippen LogP contribution in [0.1, 0.15) is 59.8 Å². The molecule has 1 aliphatic carbocycles. The van der Waals surface area contributed by atoms with E-state index in [1.165, 1.54) is 26.5 Å². The number of methoxy groups -OCH3 is 1. The average molecular weight is 298 g/mol. The minimum atomic E-state index is -0.549. The minimum Gasteiger partial charge on any atom is -0.468 e. The second-order valence-electron chi connectivity index (χ2n) is 6.89. The summed E-state index contributed by atoms with van der Waals surface area (Å²) < 4.78 is 4.98.